The summed E-state index contributed by atoms with van der Waals surface area (Å²) in [5, 5.41) is 4.98. The molecular weight excluding hydrogens is 252 g/mol. The van der Waals surface area contributed by atoms with Crippen molar-refractivity contribution in [2.24, 2.45) is 11.8 Å². The summed E-state index contributed by atoms with van der Waals surface area (Å²) in [7, 11) is 0. The second-order valence-corrected chi connectivity index (χ2v) is 7.81. The molecule has 3 unspecified atom stereocenters. The maximum atomic E-state index is 5.10. The minimum atomic E-state index is 0.803. The Labute approximate surface area is 120 Å². The van der Waals surface area contributed by atoms with E-state index in [4.69, 9.17) is 4.98 Å². The molecule has 1 heterocycles. The highest BCUT2D eigenvalue weighted by atomic mass is 32.1. The fourth-order valence-electron chi connectivity index (χ4n) is 4.13. The molecule has 0 amide bonds. The van der Waals surface area contributed by atoms with Crippen molar-refractivity contribution in [1.29, 1.82) is 0 Å². The molecule has 19 heavy (non-hydrogen) atoms. The molecule has 3 heteroatoms. The lowest BCUT2D eigenvalue weighted by atomic mass is 9.89. The first kappa shape index (κ1) is 12.3. The van der Waals surface area contributed by atoms with Crippen molar-refractivity contribution >= 4 is 11.3 Å². The van der Waals surface area contributed by atoms with Crippen molar-refractivity contribution in [3.05, 3.63) is 15.6 Å². The number of nitrogens with one attached hydrogen (secondary N) is 1. The number of hydrogen-bond donors (Lipinski definition) is 1. The molecule has 1 aromatic heterocycles. The molecule has 3 fully saturated rings. The number of fused-ring (bicyclic) bond motifs is 2. The molecule has 0 saturated heterocycles. The van der Waals surface area contributed by atoms with Gasteiger partial charge >= 0.3 is 0 Å². The molecule has 0 aromatic carbocycles. The minimum absolute atomic E-state index is 0.803. The van der Waals surface area contributed by atoms with Crippen LogP contribution in [0.1, 0.15) is 72.9 Å². The summed E-state index contributed by atoms with van der Waals surface area (Å²) >= 11 is 2.03. The van der Waals surface area contributed by atoms with E-state index >= 15 is 0 Å². The molecular formula is C16H24N2S. The van der Waals surface area contributed by atoms with Crippen LogP contribution in [-0.2, 0) is 6.54 Å². The van der Waals surface area contributed by atoms with E-state index in [9.17, 15) is 0 Å². The molecule has 0 radical (unpaired) electrons. The van der Waals surface area contributed by atoms with Gasteiger partial charge in [-0.15, -0.1) is 11.3 Å². The Morgan fingerprint density at radius 3 is 2.74 bits per heavy atom. The van der Waals surface area contributed by atoms with Crippen LogP contribution in [0, 0.1) is 11.8 Å². The zero-order valence-electron chi connectivity index (χ0n) is 11.8. The highest BCUT2D eigenvalue weighted by Crippen LogP contribution is 2.54. The lowest BCUT2D eigenvalue weighted by Crippen LogP contribution is -2.11. The predicted octanol–water partition coefficient (Wildman–Crippen LogP) is 4.03. The summed E-state index contributed by atoms with van der Waals surface area (Å²) < 4.78 is 0. The van der Waals surface area contributed by atoms with Crippen molar-refractivity contribution in [1.82, 2.24) is 10.3 Å². The van der Waals surface area contributed by atoms with E-state index in [-0.39, 0.29) is 0 Å². The second-order valence-electron chi connectivity index (χ2n) is 6.70. The van der Waals surface area contributed by atoms with E-state index in [0.29, 0.717) is 0 Å². The van der Waals surface area contributed by atoms with E-state index < -0.39 is 0 Å². The SMILES string of the molecule is CCNCc1sc(C2CC3CCC2C3)nc1C1CC1. The second kappa shape index (κ2) is 4.85. The standard InChI is InChI=1S/C16H24N2S/c1-2-17-9-14-15(11-5-6-11)18-16(19-14)13-8-10-3-4-12(13)7-10/h10-13,17H,2-9H2,1H3. The van der Waals surface area contributed by atoms with Crippen LogP contribution in [0.15, 0.2) is 0 Å². The van der Waals surface area contributed by atoms with Crippen molar-refractivity contribution in [2.45, 2.75) is 63.8 Å². The van der Waals surface area contributed by atoms with Crippen LogP contribution in [0.2, 0.25) is 0 Å². The van der Waals surface area contributed by atoms with Crippen LogP contribution in [0.25, 0.3) is 0 Å². The summed E-state index contributed by atoms with van der Waals surface area (Å²) in [6.07, 6.45) is 8.63. The lowest BCUT2D eigenvalue weighted by molar-refractivity contribution is 0.418. The van der Waals surface area contributed by atoms with Crippen LogP contribution in [0.4, 0.5) is 0 Å². The zero-order valence-corrected chi connectivity index (χ0v) is 12.6. The number of hydrogen-bond acceptors (Lipinski definition) is 3. The smallest absolute Gasteiger partial charge is 0.0965 e. The first-order chi connectivity index (χ1) is 9.35. The van der Waals surface area contributed by atoms with E-state index in [1.54, 1.807) is 4.88 Å². The molecule has 0 spiro atoms. The third kappa shape index (κ3) is 2.25. The van der Waals surface area contributed by atoms with Gasteiger partial charge in [0.2, 0.25) is 0 Å². The molecule has 1 N–H and O–H groups in total. The number of rotatable bonds is 5. The third-order valence-electron chi connectivity index (χ3n) is 5.30. The molecule has 4 rings (SSSR count). The average Bonchev–Trinajstić information content (AvgIpc) is 2.89. The number of thiazole rings is 1. The summed E-state index contributed by atoms with van der Waals surface area (Å²) in [6, 6.07) is 0. The number of nitrogens with zero attached hydrogens (tertiary/aromatic N) is 1. The van der Waals surface area contributed by atoms with Gasteiger partial charge in [-0.2, -0.15) is 0 Å². The molecule has 2 bridgehead atoms. The summed E-state index contributed by atoms with van der Waals surface area (Å²) in [4.78, 5) is 6.65. The molecule has 3 aliphatic rings. The van der Waals surface area contributed by atoms with Gasteiger partial charge in [-0.05, 0) is 50.5 Å². The van der Waals surface area contributed by atoms with Gasteiger partial charge in [0.15, 0.2) is 0 Å². The van der Waals surface area contributed by atoms with Crippen LogP contribution in [-0.4, -0.2) is 11.5 Å². The van der Waals surface area contributed by atoms with Gasteiger partial charge in [-0.3, -0.25) is 0 Å². The van der Waals surface area contributed by atoms with Crippen LogP contribution in [0.5, 0.6) is 0 Å². The highest BCUT2D eigenvalue weighted by molar-refractivity contribution is 7.11. The number of aromatic nitrogens is 1. The summed E-state index contributed by atoms with van der Waals surface area (Å²) in [6.45, 7) is 4.29. The first-order valence-corrected chi connectivity index (χ1v) is 8.87. The van der Waals surface area contributed by atoms with Gasteiger partial charge in [-0.1, -0.05) is 13.3 Å². The molecule has 1 aromatic rings. The lowest BCUT2D eigenvalue weighted by Gasteiger charge is -2.18. The molecule has 3 atom stereocenters. The van der Waals surface area contributed by atoms with Crippen molar-refractivity contribution in [3.8, 4) is 0 Å². The minimum Gasteiger partial charge on any atom is -0.312 e. The van der Waals surface area contributed by atoms with Gasteiger partial charge in [0.1, 0.15) is 0 Å². The van der Waals surface area contributed by atoms with E-state index in [0.717, 1.165) is 36.8 Å². The molecule has 3 aliphatic carbocycles. The monoisotopic (exact) mass is 276 g/mol. The van der Waals surface area contributed by atoms with Crippen LogP contribution < -0.4 is 5.32 Å². The Morgan fingerprint density at radius 2 is 2.11 bits per heavy atom. The van der Waals surface area contributed by atoms with E-state index in [2.05, 4.69) is 12.2 Å². The maximum Gasteiger partial charge on any atom is 0.0965 e. The van der Waals surface area contributed by atoms with Gasteiger partial charge in [-0.25, -0.2) is 4.98 Å². The van der Waals surface area contributed by atoms with Gasteiger partial charge in [0, 0.05) is 23.3 Å². The molecule has 2 nitrogen and oxygen atoms in total. The normalized spacial score (nSPS) is 33.2. The quantitative estimate of drug-likeness (QED) is 0.878. The van der Waals surface area contributed by atoms with Crippen molar-refractivity contribution in [2.75, 3.05) is 6.54 Å². The summed E-state index contributed by atoms with van der Waals surface area (Å²) in [5.41, 5.74) is 1.46. The van der Waals surface area contributed by atoms with Gasteiger partial charge < -0.3 is 5.32 Å². The Hall–Kier alpha value is -0.410. The molecule has 3 saturated carbocycles. The van der Waals surface area contributed by atoms with Gasteiger partial charge in [0.05, 0.1) is 10.7 Å². The largest absolute Gasteiger partial charge is 0.312 e. The third-order valence-corrected chi connectivity index (χ3v) is 6.50. The topological polar surface area (TPSA) is 24.9 Å². The van der Waals surface area contributed by atoms with Crippen LogP contribution >= 0.6 is 11.3 Å². The first-order valence-electron chi connectivity index (χ1n) is 8.05. The average molecular weight is 276 g/mol. The maximum absolute atomic E-state index is 5.10. The summed E-state index contributed by atoms with van der Waals surface area (Å²) in [5.74, 6) is 3.62. The van der Waals surface area contributed by atoms with Crippen LogP contribution in [0.3, 0.4) is 0 Å². The fourth-order valence-corrected chi connectivity index (χ4v) is 5.46. The molecule has 104 valence electrons. The Bertz CT molecular complexity index is 463. The Balaban J connectivity index is 1.58. The van der Waals surface area contributed by atoms with E-state index in [1.807, 2.05) is 11.3 Å². The van der Waals surface area contributed by atoms with Crippen molar-refractivity contribution < 1.29 is 0 Å². The fraction of sp³-hybridized carbons (Fsp3) is 0.812. The molecule has 0 aliphatic heterocycles. The van der Waals surface area contributed by atoms with Crippen molar-refractivity contribution in [3.63, 3.8) is 0 Å². The zero-order chi connectivity index (χ0) is 12.8. The Kier molecular flexibility index (Phi) is 3.15. The Morgan fingerprint density at radius 1 is 1.21 bits per heavy atom. The highest BCUT2D eigenvalue weighted by Gasteiger charge is 2.42. The van der Waals surface area contributed by atoms with Gasteiger partial charge in [0.25, 0.3) is 0 Å². The predicted molar refractivity (Wildman–Crippen MR) is 79.7 cm³/mol. The van der Waals surface area contributed by atoms with E-state index in [1.165, 1.54) is 49.2 Å².